The molecule has 0 atom stereocenters. The number of amides is 1. The van der Waals surface area contributed by atoms with Gasteiger partial charge in [0.1, 0.15) is 0 Å². The lowest BCUT2D eigenvalue weighted by molar-refractivity contribution is -0.116. The Morgan fingerprint density at radius 1 is 1.09 bits per heavy atom. The maximum absolute atomic E-state index is 11.8. The third-order valence-electron chi connectivity index (χ3n) is 3.16. The lowest BCUT2D eigenvalue weighted by Crippen LogP contribution is -2.21. The maximum atomic E-state index is 11.8. The number of hydrogen-bond donors (Lipinski definition) is 2. The van der Waals surface area contributed by atoms with E-state index in [9.17, 15) is 9.59 Å². The number of carbonyl (C=O) groups is 2. The van der Waals surface area contributed by atoms with Gasteiger partial charge in [0.05, 0.1) is 12.2 Å². The van der Waals surface area contributed by atoms with E-state index >= 15 is 0 Å². The lowest BCUT2D eigenvalue weighted by Gasteiger charge is -2.07. The summed E-state index contributed by atoms with van der Waals surface area (Å²) in [6.07, 6.45) is 3.47. The van der Waals surface area contributed by atoms with E-state index in [2.05, 4.69) is 17.6 Å². The molecule has 0 aromatic heterocycles. The molecule has 1 rings (SSSR count). The van der Waals surface area contributed by atoms with E-state index in [0.717, 1.165) is 25.8 Å². The molecular formula is C17H27ClN2O3. The van der Waals surface area contributed by atoms with Crippen LogP contribution in [0.2, 0.25) is 0 Å². The fraction of sp³-hybridized carbons (Fsp3) is 0.529. The first-order valence-electron chi connectivity index (χ1n) is 7.95. The van der Waals surface area contributed by atoms with Gasteiger partial charge in [-0.3, -0.25) is 4.79 Å². The Morgan fingerprint density at radius 2 is 1.78 bits per heavy atom. The molecule has 0 radical (unpaired) electrons. The van der Waals surface area contributed by atoms with E-state index in [0.29, 0.717) is 30.8 Å². The number of esters is 1. The summed E-state index contributed by atoms with van der Waals surface area (Å²) in [4.78, 5) is 23.5. The highest BCUT2D eigenvalue weighted by Crippen LogP contribution is 2.11. The number of benzene rings is 1. The van der Waals surface area contributed by atoms with E-state index in [4.69, 9.17) is 4.74 Å². The van der Waals surface area contributed by atoms with Crippen molar-refractivity contribution in [2.24, 2.45) is 0 Å². The Balaban J connectivity index is 0.00000484. The molecule has 1 aromatic carbocycles. The van der Waals surface area contributed by atoms with Gasteiger partial charge < -0.3 is 15.4 Å². The van der Waals surface area contributed by atoms with Gasteiger partial charge in [0, 0.05) is 18.7 Å². The summed E-state index contributed by atoms with van der Waals surface area (Å²) in [6.45, 7) is 6.06. The van der Waals surface area contributed by atoms with Crippen LogP contribution in [-0.2, 0) is 9.53 Å². The summed E-state index contributed by atoms with van der Waals surface area (Å²) in [5.41, 5.74) is 1.19. The number of hydrogen-bond acceptors (Lipinski definition) is 4. The zero-order valence-electron chi connectivity index (χ0n) is 13.9. The van der Waals surface area contributed by atoms with Crippen LogP contribution in [0.3, 0.4) is 0 Å². The zero-order valence-corrected chi connectivity index (χ0v) is 14.7. The summed E-state index contributed by atoms with van der Waals surface area (Å²) in [6, 6.07) is 6.77. The fourth-order valence-electron chi connectivity index (χ4n) is 1.89. The van der Waals surface area contributed by atoms with Crippen LogP contribution in [-0.4, -0.2) is 31.6 Å². The van der Waals surface area contributed by atoms with Crippen LogP contribution in [0.1, 0.15) is 49.9 Å². The van der Waals surface area contributed by atoms with E-state index < -0.39 is 0 Å². The van der Waals surface area contributed by atoms with Gasteiger partial charge in [-0.05, 0) is 37.2 Å². The van der Waals surface area contributed by atoms with Crippen molar-refractivity contribution in [2.75, 3.05) is 25.0 Å². The monoisotopic (exact) mass is 342 g/mol. The molecule has 0 spiro atoms. The molecule has 2 N–H and O–H groups in total. The molecule has 0 heterocycles. The zero-order chi connectivity index (χ0) is 16.2. The molecule has 0 aliphatic heterocycles. The minimum Gasteiger partial charge on any atom is -0.462 e. The normalized spacial score (nSPS) is 9.83. The van der Waals surface area contributed by atoms with E-state index in [1.54, 1.807) is 24.3 Å². The first kappa shape index (κ1) is 21.4. The van der Waals surface area contributed by atoms with Gasteiger partial charge in [0.25, 0.3) is 0 Å². The number of rotatable bonds is 10. The van der Waals surface area contributed by atoms with Crippen molar-refractivity contribution < 1.29 is 14.3 Å². The van der Waals surface area contributed by atoms with Crippen LogP contribution < -0.4 is 10.6 Å². The highest BCUT2D eigenvalue weighted by atomic mass is 35.5. The minimum atomic E-state index is -0.318. The predicted octanol–water partition coefficient (Wildman–Crippen LogP) is 3.39. The fourth-order valence-corrected chi connectivity index (χ4v) is 1.89. The van der Waals surface area contributed by atoms with Crippen LogP contribution in [0.4, 0.5) is 5.69 Å². The average Bonchev–Trinajstić information content (AvgIpc) is 2.52. The van der Waals surface area contributed by atoms with Crippen LogP contribution in [0.25, 0.3) is 0 Å². The van der Waals surface area contributed by atoms with Crippen LogP contribution in [0, 0.1) is 0 Å². The van der Waals surface area contributed by atoms with Crippen molar-refractivity contribution in [2.45, 2.75) is 39.5 Å². The molecule has 130 valence electrons. The molecule has 0 bridgehead atoms. The van der Waals surface area contributed by atoms with E-state index in [-0.39, 0.29) is 24.3 Å². The van der Waals surface area contributed by atoms with Crippen LogP contribution in [0.5, 0.6) is 0 Å². The number of nitrogens with one attached hydrogen (secondary N) is 2. The highest BCUT2D eigenvalue weighted by molar-refractivity contribution is 5.93. The Kier molecular flexibility index (Phi) is 12.0. The number of anilines is 1. The molecule has 0 unspecified atom stereocenters. The lowest BCUT2D eigenvalue weighted by atomic mass is 10.2. The van der Waals surface area contributed by atoms with Gasteiger partial charge in [-0.25, -0.2) is 4.79 Å². The van der Waals surface area contributed by atoms with Crippen molar-refractivity contribution >= 4 is 30.0 Å². The quantitative estimate of drug-likeness (QED) is 0.505. The molecule has 1 aromatic rings. The Hall–Kier alpha value is -1.59. The molecular weight excluding hydrogens is 316 g/mol. The molecule has 0 aliphatic carbocycles. The standard InChI is InChI=1S/C17H26N2O3.ClH/c1-3-5-6-13-22-17(21)14-7-9-15(10-8-14)19-16(20)11-12-18-4-2;/h7-10,18H,3-6,11-13H2,1-2H3,(H,19,20);1H. The van der Waals surface area contributed by atoms with Crippen molar-refractivity contribution in [3.63, 3.8) is 0 Å². The summed E-state index contributed by atoms with van der Waals surface area (Å²) in [5.74, 6) is -0.364. The van der Waals surface area contributed by atoms with Crippen molar-refractivity contribution in [3.05, 3.63) is 29.8 Å². The molecule has 0 saturated heterocycles. The van der Waals surface area contributed by atoms with Gasteiger partial charge in [-0.15, -0.1) is 12.4 Å². The molecule has 23 heavy (non-hydrogen) atoms. The van der Waals surface area contributed by atoms with Gasteiger partial charge in [0.15, 0.2) is 0 Å². The van der Waals surface area contributed by atoms with Gasteiger partial charge in [-0.2, -0.15) is 0 Å². The topological polar surface area (TPSA) is 67.4 Å². The van der Waals surface area contributed by atoms with Gasteiger partial charge >= 0.3 is 5.97 Å². The Morgan fingerprint density at radius 3 is 2.39 bits per heavy atom. The maximum Gasteiger partial charge on any atom is 0.338 e. The summed E-state index contributed by atoms with van der Waals surface area (Å²) >= 11 is 0. The smallest absolute Gasteiger partial charge is 0.338 e. The first-order chi connectivity index (χ1) is 10.7. The van der Waals surface area contributed by atoms with Crippen molar-refractivity contribution in [1.82, 2.24) is 5.32 Å². The third kappa shape index (κ3) is 9.21. The largest absolute Gasteiger partial charge is 0.462 e. The number of halogens is 1. The molecule has 6 heteroatoms. The van der Waals surface area contributed by atoms with Crippen LogP contribution >= 0.6 is 12.4 Å². The second-order valence-corrected chi connectivity index (χ2v) is 5.07. The Bertz CT molecular complexity index is 463. The molecule has 5 nitrogen and oxygen atoms in total. The molecule has 1 amide bonds. The number of unbranched alkanes of at least 4 members (excludes halogenated alkanes) is 2. The number of carbonyl (C=O) groups excluding carboxylic acids is 2. The number of ether oxygens (including phenoxy) is 1. The van der Waals surface area contributed by atoms with Crippen molar-refractivity contribution in [1.29, 1.82) is 0 Å². The second-order valence-electron chi connectivity index (χ2n) is 5.07. The van der Waals surface area contributed by atoms with E-state index in [1.807, 2.05) is 6.92 Å². The average molecular weight is 343 g/mol. The molecule has 0 aliphatic rings. The minimum absolute atomic E-state index is 0. The predicted molar refractivity (Wildman–Crippen MR) is 95.3 cm³/mol. The summed E-state index contributed by atoms with van der Waals surface area (Å²) in [5, 5.41) is 5.89. The molecule has 0 fully saturated rings. The van der Waals surface area contributed by atoms with Gasteiger partial charge in [-0.1, -0.05) is 26.7 Å². The van der Waals surface area contributed by atoms with Crippen molar-refractivity contribution in [3.8, 4) is 0 Å². The second kappa shape index (κ2) is 12.9. The summed E-state index contributed by atoms with van der Waals surface area (Å²) in [7, 11) is 0. The highest BCUT2D eigenvalue weighted by Gasteiger charge is 2.07. The molecule has 0 saturated carbocycles. The van der Waals surface area contributed by atoms with Gasteiger partial charge in [0.2, 0.25) is 5.91 Å². The van der Waals surface area contributed by atoms with Crippen LogP contribution in [0.15, 0.2) is 24.3 Å². The summed E-state index contributed by atoms with van der Waals surface area (Å²) < 4.78 is 5.18. The first-order valence-corrected chi connectivity index (χ1v) is 7.95. The SMILES string of the molecule is CCCCCOC(=O)c1ccc(NC(=O)CCNCC)cc1.Cl. The Labute approximate surface area is 144 Å². The third-order valence-corrected chi connectivity index (χ3v) is 3.16. The van der Waals surface area contributed by atoms with E-state index in [1.165, 1.54) is 0 Å².